The highest BCUT2D eigenvalue weighted by molar-refractivity contribution is 8.00. The van der Waals surface area contributed by atoms with Gasteiger partial charge in [-0.2, -0.15) is 5.10 Å². The zero-order chi connectivity index (χ0) is 29.1. The van der Waals surface area contributed by atoms with Crippen LogP contribution < -0.4 is 10.2 Å². The van der Waals surface area contributed by atoms with E-state index in [1.165, 1.54) is 0 Å². The molecule has 0 aliphatic carbocycles. The van der Waals surface area contributed by atoms with Gasteiger partial charge in [-0.05, 0) is 63.3 Å². The van der Waals surface area contributed by atoms with Crippen molar-refractivity contribution in [3.8, 4) is 16.9 Å². The molecule has 0 saturated heterocycles. The van der Waals surface area contributed by atoms with Gasteiger partial charge in [0.15, 0.2) is 0 Å². The molecule has 1 aromatic heterocycles. The molecule has 1 atom stereocenters. The van der Waals surface area contributed by atoms with Gasteiger partial charge in [-0.3, -0.25) is 14.5 Å². The summed E-state index contributed by atoms with van der Waals surface area (Å²) < 4.78 is 1.82. The molecule has 0 saturated carbocycles. The van der Waals surface area contributed by atoms with Crippen molar-refractivity contribution < 1.29 is 9.59 Å². The molecule has 0 spiro atoms. The van der Waals surface area contributed by atoms with Crippen LogP contribution in [0.2, 0.25) is 5.02 Å². The lowest BCUT2D eigenvalue weighted by molar-refractivity contribution is -0.122. The van der Waals surface area contributed by atoms with E-state index in [2.05, 4.69) is 24.4 Å². The highest BCUT2D eigenvalue weighted by Gasteiger charge is 2.38. The minimum absolute atomic E-state index is 0.0993. The molecule has 9 heteroatoms. The molecule has 3 aromatic carbocycles. The summed E-state index contributed by atoms with van der Waals surface area (Å²) in [7, 11) is 3.91. The molecule has 1 aliphatic rings. The maximum Gasteiger partial charge on any atom is 0.240 e. The monoisotopic (exact) mass is 587 g/mol. The van der Waals surface area contributed by atoms with Gasteiger partial charge in [-0.25, -0.2) is 4.68 Å². The smallest absolute Gasteiger partial charge is 0.240 e. The summed E-state index contributed by atoms with van der Waals surface area (Å²) in [6, 6.07) is 23.9. The maximum atomic E-state index is 13.8. The van der Waals surface area contributed by atoms with Crippen LogP contribution in [0.5, 0.6) is 0 Å². The number of rotatable bonds is 8. The molecule has 2 amide bonds. The van der Waals surface area contributed by atoms with E-state index in [-0.39, 0.29) is 29.4 Å². The Morgan fingerprint density at radius 2 is 1.76 bits per heavy atom. The fourth-order valence-electron chi connectivity index (χ4n) is 4.95. The Labute approximate surface area is 250 Å². The Kier molecular flexibility index (Phi) is 8.82. The number of hydrogen-bond donors (Lipinski definition) is 1. The molecule has 2 heterocycles. The van der Waals surface area contributed by atoms with E-state index >= 15 is 0 Å². The van der Waals surface area contributed by atoms with Crippen LogP contribution in [-0.4, -0.2) is 66.0 Å². The number of nitrogens with one attached hydrogen (secondary N) is 1. The van der Waals surface area contributed by atoms with Crippen LogP contribution in [0.25, 0.3) is 16.9 Å². The second-order valence-corrected chi connectivity index (χ2v) is 12.1. The van der Waals surface area contributed by atoms with Crippen molar-refractivity contribution in [2.24, 2.45) is 0 Å². The Morgan fingerprint density at radius 1 is 1.05 bits per heavy atom. The molecular formula is C32H34ClN5O2S. The fourth-order valence-corrected chi connectivity index (χ4v) is 6.37. The van der Waals surface area contributed by atoms with Crippen LogP contribution in [-0.2, 0) is 9.59 Å². The molecule has 5 rings (SSSR count). The topological polar surface area (TPSA) is 70.5 Å². The largest absolute Gasteiger partial charge is 0.353 e. The molecule has 0 bridgehead atoms. The molecule has 41 heavy (non-hydrogen) atoms. The SMILES string of the molecule is Cc1ccc(-n2nc(-c3ccc(Cl)cc3)c3c2N(CC(=O)NCCN(C)C)C(=O)CSC3c2ccccc2C)cc1. The number of fused-ring (bicyclic) bond motifs is 1. The average molecular weight is 588 g/mol. The third kappa shape index (κ3) is 6.35. The third-order valence-corrected chi connectivity index (χ3v) is 8.63. The zero-order valence-corrected chi connectivity index (χ0v) is 25.3. The van der Waals surface area contributed by atoms with Crippen molar-refractivity contribution in [1.29, 1.82) is 0 Å². The average Bonchev–Trinajstić information content (AvgIpc) is 3.27. The predicted octanol–water partition coefficient (Wildman–Crippen LogP) is 5.66. The van der Waals surface area contributed by atoms with Crippen molar-refractivity contribution in [3.63, 3.8) is 0 Å². The summed E-state index contributed by atoms with van der Waals surface area (Å²) in [5.41, 5.74) is 6.72. The molecular weight excluding hydrogens is 554 g/mol. The van der Waals surface area contributed by atoms with Crippen LogP contribution in [0, 0.1) is 13.8 Å². The van der Waals surface area contributed by atoms with E-state index in [4.69, 9.17) is 16.7 Å². The Bertz CT molecular complexity index is 1550. The number of likely N-dealkylation sites (N-methyl/N-ethyl adjacent to an activating group) is 1. The number of aryl methyl sites for hydroxylation is 2. The van der Waals surface area contributed by atoms with Gasteiger partial charge in [0.25, 0.3) is 0 Å². The van der Waals surface area contributed by atoms with Gasteiger partial charge in [0.1, 0.15) is 12.4 Å². The first-order chi connectivity index (χ1) is 19.7. The van der Waals surface area contributed by atoms with Gasteiger partial charge in [0.05, 0.1) is 22.4 Å². The minimum atomic E-state index is -0.213. The van der Waals surface area contributed by atoms with Crippen molar-refractivity contribution in [2.75, 3.05) is 44.4 Å². The normalized spacial score (nSPS) is 15.1. The van der Waals surface area contributed by atoms with Crippen LogP contribution >= 0.6 is 23.4 Å². The van der Waals surface area contributed by atoms with Crippen LogP contribution in [0.4, 0.5) is 5.82 Å². The molecule has 1 unspecified atom stereocenters. The van der Waals surface area contributed by atoms with Crippen molar-refractivity contribution in [1.82, 2.24) is 20.0 Å². The van der Waals surface area contributed by atoms with Gasteiger partial charge in [0.2, 0.25) is 11.8 Å². The first-order valence-corrected chi connectivity index (χ1v) is 15.0. The van der Waals surface area contributed by atoms with Gasteiger partial charge >= 0.3 is 0 Å². The number of halogens is 1. The van der Waals surface area contributed by atoms with Crippen LogP contribution in [0.1, 0.15) is 27.5 Å². The second kappa shape index (κ2) is 12.5. The van der Waals surface area contributed by atoms with Gasteiger partial charge in [0, 0.05) is 29.2 Å². The highest BCUT2D eigenvalue weighted by Crippen LogP contribution is 2.49. The number of anilines is 1. The Morgan fingerprint density at radius 3 is 2.44 bits per heavy atom. The number of nitrogens with zero attached hydrogens (tertiary/aromatic N) is 4. The minimum Gasteiger partial charge on any atom is -0.353 e. The Hall–Kier alpha value is -3.59. The van der Waals surface area contributed by atoms with Gasteiger partial charge in [-0.1, -0.05) is 65.7 Å². The number of amides is 2. The zero-order valence-electron chi connectivity index (χ0n) is 23.7. The highest BCUT2D eigenvalue weighted by atomic mass is 35.5. The molecule has 1 aliphatic heterocycles. The lowest BCUT2D eigenvalue weighted by atomic mass is 9.96. The number of benzene rings is 3. The van der Waals surface area contributed by atoms with E-state index in [0.717, 1.165) is 39.2 Å². The fraction of sp³-hybridized carbons (Fsp3) is 0.281. The first kappa shape index (κ1) is 28.9. The van der Waals surface area contributed by atoms with Crippen molar-refractivity contribution >= 4 is 41.0 Å². The number of aromatic nitrogens is 2. The molecule has 0 fully saturated rings. The molecule has 212 valence electrons. The summed E-state index contributed by atoms with van der Waals surface area (Å²) in [6.45, 7) is 5.22. The van der Waals surface area contributed by atoms with E-state index in [1.54, 1.807) is 16.7 Å². The van der Waals surface area contributed by atoms with Crippen LogP contribution in [0.3, 0.4) is 0 Å². The molecule has 0 radical (unpaired) electrons. The first-order valence-electron chi connectivity index (χ1n) is 13.6. The van der Waals surface area contributed by atoms with Gasteiger partial charge in [-0.15, -0.1) is 11.8 Å². The number of hydrogen-bond acceptors (Lipinski definition) is 5. The van der Waals surface area contributed by atoms with E-state index in [9.17, 15) is 9.59 Å². The van der Waals surface area contributed by atoms with E-state index in [0.29, 0.717) is 23.9 Å². The quantitative estimate of drug-likeness (QED) is 0.288. The summed E-state index contributed by atoms with van der Waals surface area (Å²) in [5.74, 6) is 0.498. The lowest BCUT2D eigenvalue weighted by Crippen LogP contribution is -2.43. The van der Waals surface area contributed by atoms with E-state index < -0.39 is 0 Å². The standard InChI is InChI=1S/C32H34ClN5O2S/c1-21-9-15-25(16-10-21)38-32-29(30(35-38)23-11-13-24(33)14-12-23)31(26-8-6-5-7-22(26)2)41-20-28(40)37(32)19-27(39)34-17-18-36(3)4/h5-16,31H,17-20H2,1-4H3,(H,34,39). The molecule has 7 nitrogen and oxygen atoms in total. The van der Waals surface area contributed by atoms with Gasteiger partial charge < -0.3 is 10.2 Å². The molecule has 4 aromatic rings. The number of thioether (sulfide) groups is 1. The van der Waals surface area contributed by atoms with Crippen molar-refractivity contribution in [3.05, 3.63) is 100 Å². The molecule has 1 N–H and O–H groups in total. The number of carbonyl (C=O) groups excluding carboxylic acids is 2. The van der Waals surface area contributed by atoms with Crippen molar-refractivity contribution in [2.45, 2.75) is 19.1 Å². The summed E-state index contributed by atoms with van der Waals surface area (Å²) in [4.78, 5) is 30.7. The maximum absolute atomic E-state index is 13.8. The summed E-state index contributed by atoms with van der Waals surface area (Å²) >= 11 is 7.83. The second-order valence-electron chi connectivity index (χ2n) is 10.5. The summed E-state index contributed by atoms with van der Waals surface area (Å²) in [5, 5.41) is 8.57. The lowest BCUT2D eigenvalue weighted by Gasteiger charge is -2.23. The third-order valence-electron chi connectivity index (χ3n) is 7.14. The van der Waals surface area contributed by atoms with E-state index in [1.807, 2.05) is 91.3 Å². The number of carbonyl (C=O) groups is 2. The predicted molar refractivity (Wildman–Crippen MR) is 168 cm³/mol. The Balaban J connectivity index is 1.74. The summed E-state index contributed by atoms with van der Waals surface area (Å²) in [6.07, 6.45) is 0. The van der Waals surface area contributed by atoms with Crippen LogP contribution in [0.15, 0.2) is 72.8 Å².